The first-order valence-corrected chi connectivity index (χ1v) is 3.68. The van der Waals surface area contributed by atoms with Crippen LogP contribution < -0.4 is 5.73 Å². The minimum atomic E-state index is -0.621. The molecule has 0 fully saturated rings. The fourth-order valence-corrected chi connectivity index (χ4v) is 0.644. The van der Waals surface area contributed by atoms with Crippen LogP contribution in [0.3, 0.4) is 0 Å². The summed E-state index contributed by atoms with van der Waals surface area (Å²) < 4.78 is 0. The fraction of sp³-hybridized carbons (Fsp3) is 0.875. The maximum Gasteiger partial charge on any atom is 0.101 e. The standard InChI is InChI=1S/C8H16N2/c1-7(2)4-5-8(3,10)6-9/h7H,4-5,10H2,1-3H3/t8-/m1/s1. The molecule has 0 aromatic heterocycles. The van der Waals surface area contributed by atoms with E-state index in [2.05, 4.69) is 19.9 Å². The van der Waals surface area contributed by atoms with Crippen LogP contribution in [0, 0.1) is 17.2 Å². The van der Waals surface area contributed by atoms with Crippen molar-refractivity contribution >= 4 is 0 Å². The highest BCUT2D eigenvalue weighted by Crippen LogP contribution is 2.12. The Labute approximate surface area is 63.0 Å². The second-order valence-electron chi connectivity index (χ2n) is 3.46. The summed E-state index contributed by atoms with van der Waals surface area (Å²) >= 11 is 0. The molecule has 0 aliphatic rings. The lowest BCUT2D eigenvalue weighted by molar-refractivity contribution is 0.457. The fourth-order valence-electron chi connectivity index (χ4n) is 0.644. The summed E-state index contributed by atoms with van der Waals surface area (Å²) in [5, 5.41) is 8.53. The van der Waals surface area contributed by atoms with E-state index in [4.69, 9.17) is 11.0 Å². The molecule has 0 aromatic carbocycles. The van der Waals surface area contributed by atoms with Crippen molar-refractivity contribution in [3.05, 3.63) is 0 Å². The number of nitriles is 1. The van der Waals surface area contributed by atoms with Crippen LogP contribution in [-0.4, -0.2) is 5.54 Å². The Kier molecular flexibility index (Phi) is 3.38. The Morgan fingerprint density at radius 3 is 2.40 bits per heavy atom. The molecule has 2 nitrogen and oxygen atoms in total. The highest BCUT2D eigenvalue weighted by Gasteiger charge is 2.16. The van der Waals surface area contributed by atoms with Crippen molar-refractivity contribution < 1.29 is 0 Å². The molecule has 0 spiro atoms. The van der Waals surface area contributed by atoms with Gasteiger partial charge in [-0.25, -0.2) is 0 Å². The van der Waals surface area contributed by atoms with Crippen molar-refractivity contribution in [2.75, 3.05) is 0 Å². The van der Waals surface area contributed by atoms with Gasteiger partial charge in [0.1, 0.15) is 5.54 Å². The highest BCUT2D eigenvalue weighted by atomic mass is 14.7. The lowest BCUT2D eigenvalue weighted by Gasteiger charge is -2.15. The Morgan fingerprint density at radius 2 is 2.10 bits per heavy atom. The summed E-state index contributed by atoms with van der Waals surface area (Å²) in [5.41, 5.74) is 4.98. The number of hydrogen-bond acceptors (Lipinski definition) is 2. The molecule has 10 heavy (non-hydrogen) atoms. The summed E-state index contributed by atoms with van der Waals surface area (Å²) in [4.78, 5) is 0. The van der Waals surface area contributed by atoms with E-state index in [0.717, 1.165) is 12.8 Å². The van der Waals surface area contributed by atoms with Gasteiger partial charge in [0.05, 0.1) is 6.07 Å². The lowest BCUT2D eigenvalue weighted by atomic mass is 9.95. The third-order valence-electron chi connectivity index (χ3n) is 1.50. The summed E-state index contributed by atoms with van der Waals surface area (Å²) in [6.45, 7) is 6.04. The average molecular weight is 140 g/mol. The monoisotopic (exact) mass is 140 g/mol. The number of rotatable bonds is 3. The third kappa shape index (κ3) is 4.34. The minimum absolute atomic E-state index is 0.621. The van der Waals surface area contributed by atoms with E-state index in [-0.39, 0.29) is 0 Å². The zero-order valence-electron chi connectivity index (χ0n) is 7.02. The van der Waals surface area contributed by atoms with E-state index in [0.29, 0.717) is 5.92 Å². The molecular formula is C8H16N2. The lowest BCUT2D eigenvalue weighted by Crippen LogP contribution is -2.34. The Hall–Kier alpha value is -0.550. The first-order valence-electron chi connectivity index (χ1n) is 3.68. The van der Waals surface area contributed by atoms with Crippen molar-refractivity contribution in [3.63, 3.8) is 0 Å². The van der Waals surface area contributed by atoms with Gasteiger partial charge in [-0.1, -0.05) is 13.8 Å². The molecule has 0 aliphatic carbocycles. The van der Waals surface area contributed by atoms with E-state index < -0.39 is 5.54 Å². The van der Waals surface area contributed by atoms with Crippen molar-refractivity contribution in [2.24, 2.45) is 11.7 Å². The van der Waals surface area contributed by atoms with Crippen LogP contribution in [0.2, 0.25) is 0 Å². The quantitative estimate of drug-likeness (QED) is 0.648. The molecule has 0 aliphatic heterocycles. The van der Waals surface area contributed by atoms with Crippen LogP contribution >= 0.6 is 0 Å². The molecule has 0 amide bonds. The highest BCUT2D eigenvalue weighted by molar-refractivity contribution is 5.00. The van der Waals surface area contributed by atoms with Gasteiger partial charge in [-0.3, -0.25) is 0 Å². The predicted molar refractivity (Wildman–Crippen MR) is 42.3 cm³/mol. The average Bonchev–Trinajstić information content (AvgIpc) is 1.85. The topological polar surface area (TPSA) is 49.8 Å². The number of hydrogen-bond donors (Lipinski definition) is 1. The second-order valence-corrected chi connectivity index (χ2v) is 3.46. The second kappa shape index (κ2) is 3.58. The van der Waals surface area contributed by atoms with Crippen molar-refractivity contribution in [3.8, 4) is 6.07 Å². The van der Waals surface area contributed by atoms with Gasteiger partial charge in [0.2, 0.25) is 0 Å². The van der Waals surface area contributed by atoms with Crippen LogP contribution in [0.5, 0.6) is 0 Å². The molecule has 0 radical (unpaired) electrons. The van der Waals surface area contributed by atoms with Crippen molar-refractivity contribution in [1.29, 1.82) is 5.26 Å². The first kappa shape index (κ1) is 9.45. The predicted octanol–water partition coefficient (Wildman–Crippen LogP) is 1.66. The van der Waals surface area contributed by atoms with E-state index in [1.165, 1.54) is 0 Å². The summed E-state index contributed by atoms with van der Waals surface area (Å²) in [6, 6.07) is 2.07. The van der Waals surface area contributed by atoms with Crippen molar-refractivity contribution in [2.45, 2.75) is 39.2 Å². The van der Waals surface area contributed by atoms with E-state index >= 15 is 0 Å². The molecule has 0 saturated carbocycles. The molecule has 2 heteroatoms. The van der Waals surface area contributed by atoms with Gasteiger partial charge in [-0.15, -0.1) is 0 Å². The molecule has 0 heterocycles. The maximum absolute atomic E-state index is 8.53. The van der Waals surface area contributed by atoms with Crippen molar-refractivity contribution in [1.82, 2.24) is 0 Å². The van der Waals surface area contributed by atoms with Gasteiger partial charge in [0.15, 0.2) is 0 Å². The molecule has 0 unspecified atom stereocenters. The summed E-state index contributed by atoms with van der Waals surface area (Å²) in [6.07, 6.45) is 1.82. The molecule has 0 saturated heterocycles. The van der Waals surface area contributed by atoms with Crippen LogP contribution in [0.15, 0.2) is 0 Å². The van der Waals surface area contributed by atoms with Gasteiger partial charge in [0.25, 0.3) is 0 Å². The zero-order chi connectivity index (χ0) is 8.20. The normalized spacial score (nSPS) is 16.4. The van der Waals surface area contributed by atoms with Crippen LogP contribution in [0.25, 0.3) is 0 Å². The molecule has 0 rings (SSSR count). The molecule has 2 N–H and O–H groups in total. The van der Waals surface area contributed by atoms with Gasteiger partial charge < -0.3 is 5.73 Å². The van der Waals surface area contributed by atoms with Gasteiger partial charge in [-0.2, -0.15) is 5.26 Å². The Morgan fingerprint density at radius 1 is 1.60 bits per heavy atom. The molecular weight excluding hydrogens is 124 g/mol. The Bertz CT molecular complexity index is 131. The molecule has 0 aromatic rings. The van der Waals surface area contributed by atoms with Crippen LogP contribution in [-0.2, 0) is 0 Å². The largest absolute Gasteiger partial charge is 0.314 e. The smallest absolute Gasteiger partial charge is 0.101 e. The van der Waals surface area contributed by atoms with E-state index in [1.807, 2.05) is 0 Å². The van der Waals surface area contributed by atoms with Gasteiger partial charge in [-0.05, 0) is 25.7 Å². The van der Waals surface area contributed by atoms with E-state index in [1.54, 1.807) is 6.92 Å². The summed E-state index contributed by atoms with van der Waals surface area (Å²) in [7, 11) is 0. The zero-order valence-corrected chi connectivity index (χ0v) is 7.02. The SMILES string of the molecule is CC(C)CC[C@@](C)(N)C#N. The number of nitrogens with two attached hydrogens (primary N) is 1. The minimum Gasteiger partial charge on any atom is -0.314 e. The molecule has 0 bridgehead atoms. The molecule has 58 valence electrons. The molecule has 1 atom stereocenters. The Balaban J connectivity index is 3.60. The number of nitrogens with zero attached hydrogens (tertiary/aromatic N) is 1. The van der Waals surface area contributed by atoms with Gasteiger partial charge in [0, 0.05) is 0 Å². The van der Waals surface area contributed by atoms with E-state index in [9.17, 15) is 0 Å². The van der Waals surface area contributed by atoms with Crippen LogP contribution in [0.4, 0.5) is 0 Å². The first-order chi connectivity index (χ1) is 4.48. The van der Waals surface area contributed by atoms with Gasteiger partial charge >= 0.3 is 0 Å². The summed E-state index contributed by atoms with van der Waals surface area (Å²) in [5.74, 6) is 0.635. The maximum atomic E-state index is 8.53. The van der Waals surface area contributed by atoms with Crippen LogP contribution in [0.1, 0.15) is 33.6 Å². The third-order valence-corrected chi connectivity index (χ3v) is 1.50.